The van der Waals surface area contributed by atoms with Crippen LogP contribution in [0.2, 0.25) is 0 Å². The fourth-order valence-electron chi connectivity index (χ4n) is 2.62. The summed E-state index contributed by atoms with van der Waals surface area (Å²) in [6.45, 7) is 0. The maximum atomic E-state index is 12.3. The second-order valence-corrected chi connectivity index (χ2v) is 5.93. The van der Waals surface area contributed by atoms with Crippen molar-refractivity contribution in [1.82, 2.24) is 24.3 Å². The minimum Gasteiger partial charge on any atom is -0.457 e. The maximum absolute atomic E-state index is 12.3. The summed E-state index contributed by atoms with van der Waals surface area (Å²) in [5, 5.41) is 4.31. The molecule has 2 aliphatic heterocycles. The van der Waals surface area contributed by atoms with Crippen LogP contribution in [-0.2, 0) is 14.1 Å². The summed E-state index contributed by atoms with van der Waals surface area (Å²) >= 11 is 0. The Morgan fingerprint density at radius 2 is 1.52 bits per heavy atom. The Morgan fingerprint density at radius 1 is 0.852 bits per heavy atom. The first-order chi connectivity index (χ1) is 13.0. The number of para-hydroxylation sites is 1. The summed E-state index contributed by atoms with van der Waals surface area (Å²) in [4.78, 5) is 32.2. The predicted octanol–water partition coefficient (Wildman–Crippen LogP) is 1.83. The van der Waals surface area contributed by atoms with Crippen LogP contribution in [0.3, 0.4) is 0 Å². The molecule has 0 spiro atoms. The largest absolute Gasteiger partial charge is 0.457 e. The molecule has 27 heavy (non-hydrogen) atoms. The van der Waals surface area contributed by atoms with Crippen molar-refractivity contribution < 1.29 is 4.74 Å². The van der Waals surface area contributed by atoms with E-state index in [4.69, 9.17) is 4.74 Å². The van der Waals surface area contributed by atoms with Gasteiger partial charge in [-0.1, -0.05) is 18.2 Å². The highest BCUT2D eigenvalue weighted by atomic mass is 16.5. The van der Waals surface area contributed by atoms with Gasteiger partial charge in [0.2, 0.25) is 0 Å². The molecule has 8 heteroatoms. The average Bonchev–Trinajstić information content (AvgIpc) is 2.68. The Labute approximate surface area is 153 Å². The first-order valence-electron chi connectivity index (χ1n) is 8.18. The highest BCUT2D eigenvalue weighted by molar-refractivity contribution is 5.60. The summed E-state index contributed by atoms with van der Waals surface area (Å²) in [6.07, 6.45) is 0. The molecule has 4 rings (SSSR count). The number of hydrogen-bond acceptors (Lipinski definition) is 6. The van der Waals surface area contributed by atoms with Crippen molar-refractivity contribution in [2.75, 3.05) is 0 Å². The lowest BCUT2D eigenvalue weighted by Crippen LogP contribution is -2.36. The van der Waals surface area contributed by atoms with E-state index >= 15 is 0 Å². The Balaban J connectivity index is 1.73. The van der Waals surface area contributed by atoms with E-state index in [0.717, 1.165) is 10.3 Å². The molecule has 0 aromatic heterocycles. The molecular formula is C19H15N5O3. The number of ether oxygens (including phenoxy) is 1. The zero-order chi connectivity index (χ0) is 19.0. The van der Waals surface area contributed by atoms with Crippen LogP contribution in [-0.4, -0.2) is 24.3 Å². The van der Waals surface area contributed by atoms with E-state index in [0.29, 0.717) is 17.1 Å². The molecule has 0 unspecified atom stereocenters. The molecule has 2 aromatic rings. The van der Waals surface area contributed by atoms with Crippen LogP contribution in [0, 0.1) is 0 Å². The van der Waals surface area contributed by atoms with Crippen molar-refractivity contribution in [3.05, 3.63) is 75.4 Å². The maximum Gasteiger partial charge on any atom is 0.352 e. The lowest BCUT2D eigenvalue weighted by molar-refractivity contribution is 0.483. The van der Waals surface area contributed by atoms with E-state index in [1.165, 1.54) is 11.7 Å². The van der Waals surface area contributed by atoms with Crippen molar-refractivity contribution in [2.45, 2.75) is 0 Å². The number of nitrogens with zero attached hydrogens (tertiary/aromatic N) is 5. The van der Waals surface area contributed by atoms with Gasteiger partial charge >= 0.3 is 5.69 Å². The van der Waals surface area contributed by atoms with Gasteiger partial charge in [0.25, 0.3) is 5.56 Å². The summed E-state index contributed by atoms with van der Waals surface area (Å²) < 4.78 is 8.08. The van der Waals surface area contributed by atoms with Crippen molar-refractivity contribution in [3.63, 3.8) is 0 Å². The fraction of sp³-hybridized carbons (Fsp3) is 0.105. The van der Waals surface area contributed by atoms with Crippen LogP contribution >= 0.6 is 0 Å². The van der Waals surface area contributed by atoms with Gasteiger partial charge in [-0.15, -0.1) is 0 Å². The van der Waals surface area contributed by atoms with Crippen LogP contribution in [0.1, 0.15) is 0 Å². The highest BCUT2D eigenvalue weighted by Crippen LogP contribution is 2.24. The summed E-state index contributed by atoms with van der Waals surface area (Å²) in [5.74, 6) is 1.91. The lowest BCUT2D eigenvalue weighted by Gasteiger charge is -2.11. The highest BCUT2D eigenvalue weighted by Gasteiger charge is 2.19. The molecule has 2 aromatic carbocycles. The van der Waals surface area contributed by atoms with Gasteiger partial charge in [0.05, 0.1) is 0 Å². The van der Waals surface area contributed by atoms with Gasteiger partial charge in [0.15, 0.2) is 17.3 Å². The average molecular weight is 361 g/mol. The van der Waals surface area contributed by atoms with Crippen LogP contribution in [0.4, 0.5) is 0 Å². The van der Waals surface area contributed by atoms with Crippen molar-refractivity contribution in [2.24, 2.45) is 14.1 Å². The molecule has 0 aliphatic carbocycles. The van der Waals surface area contributed by atoms with E-state index in [2.05, 4.69) is 15.1 Å². The van der Waals surface area contributed by atoms with E-state index in [1.807, 2.05) is 30.3 Å². The molecule has 0 saturated heterocycles. The van der Waals surface area contributed by atoms with Gasteiger partial charge in [0.1, 0.15) is 11.5 Å². The standard InChI is InChI=1S/C19H15N5O3/c1-23-18(25)15-17(21-19(23)26)24(2)22-16(20-15)12-8-10-14(11-9-12)27-13-6-4-3-5-7-13/h3-11H,1-2H3. The zero-order valence-electron chi connectivity index (χ0n) is 14.7. The Bertz CT molecular complexity index is 1200. The number of benzene rings is 2. The van der Waals surface area contributed by atoms with Gasteiger partial charge in [-0.3, -0.25) is 9.36 Å². The van der Waals surface area contributed by atoms with Crippen LogP contribution in [0.5, 0.6) is 11.5 Å². The second kappa shape index (κ2) is 6.49. The zero-order valence-corrected chi connectivity index (χ0v) is 14.7. The van der Waals surface area contributed by atoms with Gasteiger partial charge < -0.3 is 4.74 Å². The van der Waals surface area contributed by atoms with Gasteiger partial charge in [-0.2, -0.15) is 10.1 Å². The molecule has 0 bridgehead atoms. The fourth-order valence-corrected chi connectivity index (χ4v) is 2.62. The monoisotopic (exact) mass is 361 g/mol. The summed E-state index contributed by atoms with van der Waals surface area (Å²) in [6, 6.07) is 16.7. The molecule has 0 N–H and O–H groups in total. The third-order valence-electron chi connectivity index (χ3n) is 4.07. The molecule has 0 fully saturated rings. The molecule has 134 valence electrons. The van der Waals surface area contributed by atoms with Gasteiger partial charge in [-0.25, -0.2) is 14.5 Å². The molecule has 8 nitrogen and oxygen atoms in total. The first-order valence-corrected chi connectivity index (χ1v) is 8.18. The van der Waals surface area contributed by atoms with E-state index in [1.54, 1.807) is 31.3 Å². The molecule has 0 saturated carbocycles. The van der Waals surface area contributed by atoms with Crippen molar-refractivity contribution in [1.29, 1.82) is 0 Å². The van der Waals surface area contributed by atoms with Crippen LogP contribution in [0.25, 0.3) is 22.9 Å². The normalized spacial score (nSPS) is 10.9. The number of rotatable bonds is 3. The third kappa shape index (κ3) is 3.08. The number of aromatic nitrogens is 5. The number of hydrogen-bond donors (Lipinski definition) is 0. The Morgan fingerprint density at radius 3 is 2.22 bits per heavy atom. The number of fused-ring (bicyclic) bond motifs is 1. The third-order valence-corrected chi connectivity index (χ3v) is 4.07. The van der Waals surface area contributed by atoms with E-state index < -0.39 is 11.2 Å². The lowest BCUT2D eigenvalue weighted by atomic mass is 10.2. The quantitative estimate of drug-likeness (QED) is 0.553. The van der Waals surface area contributed by atoms with Gasteiger partial charge in [0, 0.05) is 19.7 Å². The van der Waals surface area contributed by atoms with Gasteiger partial charge in [-0.05, 0) is 36.4 Å². The van der Waals surface area contributed by atoms with Crippen molar-refractivity contribution >= 4 is 0 Å². The van der Waals surface area contributed by atoms with E-state index in [9.17, 15) is 9.59 Å². The smallest absolute Gasteiger partial charge is 0.352 e. The number of aryl methyl sites for hydroxylation is 1. The first kappa shape index (κ1) is 16.6. The molecule has 0 atom stereocenters. The van der Waals surface area contributed by atoms with Crippen LogP contribution < -0.4 is 16.0 Å². The van der Waals surface area contributed by atoms with Crippen LogP contribution in [0.15, 0.2) is 64.2 Å². The Kier molecular flexibility index (Phi) is 4.00. The molecular weight excluding hydrogens is 346 g/mol. The minimum atomic E-state index is -0.637. The molecule has 0 radical (unpaired) electrons. The molecule has 0 amide bonds. The Hall–Kier alpha value is -3.81. The summed E-state index contributed by atoms with van der Waals surface area (Å²) in [5.41, 5.74) is -0.342. The van der Waals surface area contributed by atoms with E-state index in [-0.39, 0.29) is 11.5 Å². The SMILES string of the molecule is Cn1nc(-c2ccc(Oc3ccccc3)cc2)nc2c(=O)n(C)c(=O)nc1-2. The molecule has 2 heterocycles. The summed E-state index contributed by atoms with van der Waals surface area (Å²) in [7, 11) is 2.99. The predicted molar refractivity (Wildman–Crippen MR) is 98.9 cm³/mol. The minimum absolute atomic E-state index is 0.0919. The van der Waals surface area contributed by atoms with Crippen molar-refractivity contribution in [3.8, 4) is 34.4 Å². The topological polar surface area (TPSA) is 91.9 Å². The molecule has 2 aliphatic rings. The second-order valence-electron chi connectivity index (χ2n) is 5.93.